The molecule has 2 aromatic heterocycles. The predicted molar refractivity (Wildman–Crippen MR) is 106 cm³/mol. The number of esters is 1. The van der Waals surface area contributed by atoms with Gasteiger partial charge in [-0.1, -0.05) is 23.2 Å². The van der Waals surface area contributed by atoms with Crippen LogP contribution in [0.2, 0.25) is 10.0 Å². The Bertz CT molecular complexity index is 843. The molecule has 7 nitrogen and oxygen atoms in total. The molecule has 1 saturated heterocycles. The van der Waals surface area contributed by atoms with Crippen LogP contribution >= 0.6 is 34.5 Å². The fraction of sp³-hybridized carbons (Fsp3) is 0.471. The van der Waals surface area contributed by atoms with Crippen molar-refractivity contribution in [2.24, 2.45) is 0 Å². The zero-order valence-corrected chi connectivity index (χ0v) is 17.3. The summed E-state index contributed by atoms with van der Waals surface area (Å²) in [5.74, 6) is -0.661. The van der Waals surface area contributed by atoms with Crippen LogP contribution in [0.25, 0.3) is 0 Å². The molecule has 0 spiro atoms. The highest BCUT2D eigenvalue weighted by atomic mass is 35.5. The van der Waals surface area contributed by atoms with Crippen LogP contribution in [0.5, 0.6) is 0 Å². The third-order valence-electron chi connectivity index (χ3n) is 4.36. The number of hydrogen-bond acceptors (Lipinski definition) is 6. The first-order valence-corrected chi connectivity index (χ1v) is 10.3. The fourth-order valence-electron chi connectivity index (χ4n) is 2.91. The molecular formula is C17H20Cl2N4O3S. The number of nitrogens with one attached hydrogen (secondary N) is 2. The van der Waals surface area contributed by atoms with Gasteiger partial charge in [-0.15, -0.1) is 11.3 Å². The van der Waals surface area contributed by atoms with Gasteiger partial charge in [0.25, 0.3) is 5.91 Å². The number of rotatable bonds is 5. The second-order valence-electron chi connectivity index (χ2n) is 6.22. The van der Waals surface area contributed by atoms with Crippen LogP contribution in [-0.2, 0) is 4.74 Å². The molecule has 0 saturated carbocycles. The molecule has 10 heteroatoms. The summed E-state index contributed by atoms with van der Waals surface area (Å²) in [6.45, 7) is 5.33. The SMILES string of the molecule is CCOC(=O)c1csc(N2CCC(NC(=O)c3[nH]c(C)c(Cl)c3Cl)CC2)n1. The third-order valence-corrected chi connectivity index (χ3v) is 6.21. The highest BCUT2D eigenvalue weighted by Crippen LogP contribution is 2.29. The number of halogens is 2. The summed E-state index contributed by atoms with van der Waals surface area (Å²) in [6, 6.07) is 0.0386. The number of amides is 1. The second kappa shape index (κ2) is 8.50. The number of carbonyl (C=O) groups is 2. The Hall–Kier alpha value is -1.77. The molecule has 1 aliphatic rings. The van der Waals surface area contributed by atoms with Gasteiger partial charge in [0.1, 0.15) is 5.69 Å². The molecular weight excluding hydrogens is 411 g/mol. The molecule has 1 fully saturated rings. The number of aryl methyl sites for hydroxylation is 1. The van der Waals surface area contributed by atoms with Crippen LogP contribution in [0, 0.1) is 6.92 Å². The Morgan fingerprint density at radius 1 is 1.37 bits per heavy atom. The largest absolute Gasteiger partial charge is 0.461 e. The van der Waals surface area contributed by atoms with Gasteiger partial charge in [-0.2, -0.15) is 0 Å². The molecule has 1 amide bonds. The molecule has 1 aliphatic heterocycles. The van der Waals surface area contributed by atoms with Crippen molar-refractivity contribution in [2.45, 2.75) is 32.7 Å². The summed E-state index contributed by atoms with van der Waals surface area (Å²) in [5, 5.41) is 6.12. The van der Waals surface area contributed by atoms with E-state index in [0.717, 1.165) is 31.1 Å². The lowest BCUT2D eigenvalue weighted by Gasteiger charge is -2.32. The number of carbonyl (C=O) groups excluding carboxylic acids is 2. The zero-order valence-electron chi connectivity index (χ0n) is 15.0. The highest BCUT2D eigenvalue weighted by Gasteiger charge is 2.25. The van der Waals surface area contributed by atoms with E-state index in [9.17, 15) is 9.59 Å². The molecule has 0 unspecified atom stereocenters. The lowest BCUT2D eigenvalue weighted by molar-refractivity contribution is 0.0520. The van der Waals surface area contributed by atoms with Gasteiger partial charge in [-0.05, 0) is 26.7 Å². The highest BCUT2D eigenvalue weighted by molar-refractivity contribution is 7.13. The normalized spacial score (nSPS) is 15.0. The van der Waals surface area contributed by atoms with Crippen molar-refractivity contribution in [3.8, 4) is 0 Å². The summed E-state index contributed by atoms with van der Waals surface area (Å²) in [4.78, 5) is 33.6. The minimum absolute atomic E-state index is 0.0386. The molecule has 3 heterocycles. The van der Waals surface area contributed by atoms with Crippen LogP contribution in [0.4, 0.5) is 5.13 Å². The number of H-pyrrole nitrogens is 1. The Morgan fingerprint density at radius 3 is 2.67 bits per heavy atom. The first-order valence-electron chi connectivity index (χ1n) is 8.62. The van der Waals surface area contributed by atoms with Crippen molar-refractivity contribution >= 4 is 51.5 Å². The number of hydrogen-bond donors (Lipinski definition) is 2. The standard InChI is InChI=1S/C17H20Cl2N4O3S/c1-3-26-16(25)11-8-27-17(22-11)23-6-4-10(5-7-23)21-15(24)14-13(19)12(18)9(2)20-14/h8,10,20H,3-7H2,1-2H3,(H,21,24). The molecule has 146 valence electrons. The van der Waals surface area contributed by atoms with Gasteiger partial charge in [-0.25, -0.2) is 9.78 Å². The van der Waals surface area contributed by atoms with Gasteiger partial charge < -0.3 is 19.9 Å². The quantitative estimate of drug-likeness (QED) is 0.706. The van der Waals surface area contributed by atoms with E-state index < -0.39 is 5.97 Å². The predicted octanol–water partition coefficient (Wildman–Crippen LogP) is 3.66. The Kier molecular flexibility index (Phi) is 6.29. The van der Waals surface area contributed by atoms with Crippen LogP contribution in [0.3, 0.4) is 0 Å². The number of nitrogens with zero attached hydrogens (tertiary/aromatic N) is 2. The van der Waals surface area contributed by atoms with E-state index in [1.165, 1.54) is 11.3 Å². The van der Waals surface area contributed by atoms with Crippen LogP contribution in [0.15, 0.2) is 5.38 Å². The summed E-state index contributed by atoms with van der Waals surface area (Å²) < 4.78 is 4.97. The maximum atomic E-state index is 12.4. The zero-order chi connectivity index (χ0) is 19.6. The van der Waals surface area contributed by atoms with Crippen LogP contribution in [0.1, 0.15) is 46.4 Å². The first kappa shape index (κ1) is 20.0. The molecule has 0 aliphatic carbocycles. The minimum atomic E-state index is -0.404. The van der Waals surface area contributed by atoms with Gasteiger partial charge >= 0.3 is 5.97 Å². The molecule has 0 aromatic carbocycles. The van der Waals surface area contributed by atoms with E-state index in [2.05, 4.69) is 20.2 Å². The number of thiazole rings is 1. The van der Waals surface area contributed by atoms with Gasteiger partial charge in [0, 0.05) is 30.2 Å². The number of aromatic amines is 1. The number of aromatic nitrogens is 2. The monoisotopic (exact) mass is 430 g/mol. The van der Waals surface area contributed by atoms with E-state index in [1.807, 2.05) is 0 Å². The van der Waals surface area contributed by atoms with Crippen molar-refractivity contribution in [3.63, 3.8) is 0 Å². The first-order chi connectivity index (χ1) is 12.9. The van der Waals surface area contributed by atoms with Crippen LogP contribution in [-0.4, -0.2) is 47.6 Å². The molecule has 0 bridgehead atoms. The maximum Gasteiger partial charge on any atom is 0.357 e. The molecule has 3 rings (SSSR count). The van der Waals surface area contributed by atoms with Crippen molar-refractivity contribution in [2.75, 3.05) is 24.6 Å². The van der Waals surface area contributed by atoms with Gasteiger partial charge in [0.15, 0.2) is 10.8 Å². The average molecular weight is 431 g/mol. The van der Waals surface area contributed by atoms with Crippen LogP contribution < -0.4 is 10.2 Å². The molecule has 0 atom stereocenters. The van der Waals surface area contributed by atoms with Crippen molar-refractivity contribution in [1.82, 2.24) is 15.3 Å². The smallest absolute Gasteiger partial charge is 0.357 e. The van der Waals surface area contributed by atoms with Gasteiger partial charge in [0.2, 0.25) is 0 Å². The average Bonchev–Trinajstić information content (AvgIpc) is 3.24. The number of anilines is 1. The summed E-state index contributed by atoms with van der Waals surface area (Å²) in [5.41, 5.74) is 1.30. The Labute approximate surface area is 171 Å². The number of ether oxygens (including phenoxy) is 1. The molecule has 27 heavy (non-hydrogen) atoms. The lowest BCUT2D eigenvalue weighted by Crippen LogP contribution is -2.44. The minimum Gasteiger partial charge on any atom is -0.461 e. The third kappa shape index (κ3) is 4.39. The van der Waals surface area contributed by atoms with E-state index >= 15 is 0 Å². The topological polar surface area (TPSA) is 87.3 Å². The molecule has 0 radical (unpaired) electrons. The molecule has 2 N–H and O–H groups in total. The van der Waals surface area contributed by atoms with Crippen molar-refractivity contribution < 1.29 is 14.3 Å². The van der Waals surface area contributed by atoms with E-state index in [1.54, 1.807) is 19.2 Å². The van der Waals surface area contributed by atoms with Crippen molar-refractivity contribution in [1.29, 1.82) is 0 Å². The molecule has 2 aromatic rings. The van der Waals surface area contributed by atoms with E-state index in [4.69, 9.17) is 27.9 Å². The van der Waals surface area contributed by atoms with Gasteiger partial charge in [0.05, 0.1) is 16.7 Å². The second-order valence-corrected chi connectivity index (χ2v) is 7.82. The van der Waals surface area contributed by atoms with Gasteiger partial charge in [-0.3, -0.25) is 4.79 Å². The summed E-state index contributed by atoms with van der Waals surface area (Å²) >= 11 is 13.5. The Morgan fingerprint density at radius 2 is 2.07 bits per heavy atom. The lowest BCUT2D eigenvalue weighted by atomic mass is 10.1. The summed E-state index contributed by atoms with van der Waals surface area (Å²) in [6.07, 6.45) is 1.54. The summed E-state index contributed by atoms with van der Waals surface area (Å²) in [7, 11) is 0. The van der Waals surface area contributed by atoms with Crippen molar-refractivity contribution in [3.05, 3.63) is 32.5 Å². The van der Waals surface area contributed by atoms with E-state index in [0.29, 0.717) is 28.7 Å². The van der Waals surface area contributed by atoms with E-state index in [-0.39, 0.29) is 17.0 Å². The fourth-order valence-corrected chi connectivity index (χ4v) is 4.17. The maximum absolute atomic E-state index is 12.4. The number of piperidine rings is 1. The Balaban J connectivity index is 1.55.